The number of benzene rings is 2. The van der Waals surface area contributed by atoms with Crippen molar-refractivity contribution in [1.29, 1.82) is 0 Å². The number of methoxy groups -OCH3 is 1. The minimum Gasteiger partial charge on any atom is -0.495 e. The monoisotopic (exact) mass is 405 g/mol. The normalized spacial score (nSPS) is 16.8. The number of nitrogens with zero attached hydrogens (tertiary/aromatic N) is 1. The molecule has 0 saturated carbocycles. The topological polar surface area (TPSA) is 63.7 Å². The average molecular weight is 405 g/mol. The maximum Gasteiger partial charge on any atom is 0.261 e. The molecule has 1 heterocycles. The third-order valence-electron chi connectivity index (χ3n) is 5.20. The fraction of sp³-hybridized carbons (Fsp3) is 0.381. The molecule has 1 aliphatic heterocycles. The number of amides is 1. The average Bonchev–Trinajstić information content (AvgIpc) is 2.67. The first-order valence-electron chi connectivity index (χ1n) is 9.20. The van der Waals surface area contributed by atoms with Gasteiger partial charge in [0.25, 0.3) is 5.91 Å². The Morgan fingerprint density at radius 2 is 1.96 bits per heavy atom. The van der Waals surface area contributed by atoms with Crippen LogP contribution in [-0.2, 0) is 9.84 Å². The molecule has 0 unspecified atom stereocenters. The van der Waals surface area contributed by atoms with E-state index < -0.39 is 26.8 Å². The molecule has 5 nitrogen and oxygen atoms in total. The number of carbonyl (C=O) groups excluding carboxylic acids is 1. The van der Waals surface area contributed by atoms with Crippen LogP contribution < -0.4 is 9.64 Å². The molecule has 0 aliphatic carbocycles. The number of ether oxygens (including phenoxy) is 1. The van der Waals surface area contributed by atoms with Crippen LogP contribution in [0.5, 0.6) is 5.75 Å². The minimum absolute atomic E-state index is 0.0575. The third kappa shape index (κ3) is 3.39. The van der Waals surface area contributed by atoms with Crippen LogP contribution in [0, 0.1) is 5.82 Å². The Bertz CT molecular complexity index is 1020. The Balaban J connectivity index is 2.11. The number of halogens is 1. The highest BCUT2D eigenvalue weighted by Gasteiger charge is 2.32. The maximum absolute atomic E-state index is 14.5. The number of carbonyl (C=O) groups is 1. The number of sulfone groups is 1. The molecule has 0 bridgehead atoms. The molecule has 28 heavy (non-hydrogen) atoms. The van der Waals surface area contributed by atoms with Crippen LogP contribution in [0.3, 0.4) is 0 Å². The van der Waals surface area contributed by atoms with Gasteiger partial charge >= 0.3 is 0 Å². The molecule has 0 fully saturated rings. The van der Waals surface area contributed by atoms with E-state index in [0.717, 1.165) is 24.1 Å². The van der Waals surface area contributed by atoms with E-state index in [9.17, 15) is 17.6 Å². The van der Waals surface area contributed by atoms with Crippen LogP contribution >= 0.6 is 0 Å². The largest absolute Gasteiger partial charge is 0.495 e. The summed E-state index contributed by atoms with van der Waals surface area (Å²) in [6, 6.07) is 8.93. The predicted molar refractivity (Wildman–Crippen MR) is 106 cm³/mol. The highest BCUT2D eigenvalue weighted by molar-refractivity contribution is 7.92. The van der Waals surface area contributed by atoms with E-state index in [1.165, 1.54) is 18.1 Å². The number of fused-ring (bicyclic) bond motifs is 1. The van der Waals surface area contributed by atoms with E-state index in [2.05, 4.69) is 6.92 Å². The van der Waals surface area contributed by atoms with Crippen LogP contribution in [0.2, 0.25) is 0 Å². The lowest BCUT2D eigenvalue weighted by Crippen LogP contribution is -2.37. The highest BCUT2D eigenvalue weighted by atomic mass is 32.2. The SMILES string of the molecule is COc1cccc2c1N(C(=O)c1cc(S(=O)(=O)C(C)C)ccc1F)CC[C@@H]2C. The van der Waals surface area contributed by atoms with Crippen LogP contribution in [0.4, 0.5) is 10.1 Å². The van der Waals surface area contributed by atoms with Gasteiger partial charge in [0.15, 0.2) is 9.84 Å². The Morgan fingerprint density at radius 1 is 1.25 bits per heavy atom. The molecular weight excluding hydrogens is 381 g/mol. The lowest BCUT2D eigenvalue weighted by Gasteiger charge is -2.34. The smallest absolute Gasteiger partial charge is 0.261 e. The summed E-state index contributed by atoms with van der Waals surface area (Å²) in [6.45, 7) is 5.56. The Hall–Kier alpha value is -2.41. The minimum atomic E-state index is -3.62. The van der Waals surface area contributed by atoms with Crippen molar-refractivity contribution in [2.75, 3.05) is 18.6 Å². The second kappa shape index (κ2) is 7.54. The summed E-state index contributed by atoms with van der Waals surface area (Å²) in [4.78, 5) is 14.7. The molecule has 1 amide bonds. The van der Waals surface area contributed by atoms with Gasteiger partial charge in [0.1, 0.15) is 11.6 Å². The summed E-state index contributed by atoms with van der Waals surface area (Å²) in [5.41, 5.74) is 1.31. The molecule has 0 aromatic heterocycles. The first kappa shape index (κ1) is 20.3. The predicted octanol–water partition coefficient (Wildman–Crippen LogP) is 4.17. The van der Waals surface area contributed by atoms with Gasteiger partial charge < -0.3 is 9.64 Å². The summed E-state index contributed by atoms with van der Waals surface area (Å²) < 4.78 is 44.9. The summed E-state index contributed by atoms with van der Waals surface area (Å²) in [5.74, 6) is -0.561. The summed E-state index contributed by atoms with van der Waals surface area (Å²) in [5, 5.41) is -0.669. The van der Waals surface area contributed by atoms with E-state index in [4.69, 9.17) is 4.74 Å². The quantitative estimate of drug-likeness (QED) is 0.716. The molecule has 0 saturated heterocycles. The zero-order valence-corrected chi connectivity index (χ0v) is 17.2. The number of hydrogen-bond acceptors (Lipinski definition) is 4. The fourth-order valence-electron chi connectivity index (χ4n) is 3.45. The van der Waals surface area contributed by atoms with Gasteiger partial charge in [-0.1, -0.05) is 19.1 Å². The number of anilines is 1. The van der Waals surface area contributed by atoms with E-state index in [-0.39, 0.29) is 16.4 Å². The van der Waals surface area contributed by atoms with Crippen molar-refractivity contribution in [3.05, 3.63) is 53.3 Å². The molecule has 0 spiro atoms. The molecule has 0 radical (unpaired) electrons. The van der Waals surface area contributed by atoms with Gasteiger partial charge in [-0.05, 0) is 56.0 Å². The zero-order valence-electron chi connectivity index (χ0n) is 16.4. The Labute approximate surface area is 165 Å². The van der Waals surface area contributed by atoms with Crippen molar-refractivity contribution in [1.82, 2.24) is 0 Å². The zero-order chi connectivity index (χ0) is 20.6. The number of hydrogen-bond donors (Lipinski definition) is 0. The van der Waals surface area contributed by atoms with E-state index in [1.54, 1.807) is 19.9 Å². The second-order valence-electron chi connectivity index (χ2n) is 7.28. The molecule has 7 heteroatoms. The van der Waals surface area contributed by atoms with E-state index in [1.807, 2.05) is 12.1 Å². The molecule has 2 aromatic carbocycles. The molecular formula is C21H24FNO4S. The van der Waals surface area contributed by atoms with Gasteiger partial charge in [0.2, 0.25) is 0 Å². The first-order chi connectivity index (χ1) is 13.2. The molecule has 150 valence electrons. The Morgan fingerprint density at radius 3 is 2.61 bits per heavy atom. The maximum atomic E-state index is 14.5. The van der Waals surface area contributed by atoms with Crippen molar-refractivity contribution >= 4 is 21.4 Å². The van der Waals surface area contributed by atoms with Crippen molar-refractivity contribution < 1.29 is 22.3 Å². The second-order valence-corrected chi connectivity index (χ2v) is 9.78. The molecule has 3 rings (SSSR count). The molecule has 0 N–H and O–H groups in total. The summed E-state index contributed by atoms with van der Waals surface area (Å²) >= 11 is 0. The van der Waals surface area contributed by atoms with Gasteiger partial charge in [0.05, 0.1) is 28.5 Å². The van der Waals surface area contributed by atoms with Gasteiger partial charge in [-0.2, -0.15) is 0 Å². The Kier molecular flexibility index (Phi) is 5.48. The highest BCUT2D eigenvalue weighted by Crippen LogP contribution is 2.42. The van der Waals surface area contributed by atoms with E-state index >= 15 is 0 Å². The molecule has 2 aromatic rings. The van der Waals surface area contributed by atoms with Gasteiger partial charge in [-0.25, -0.2) is 12.8 Å². The fourth-order valence-corrected chi connectivity index (χ4v) is 4.53. The van der Waals surface area contributed by atoms with Crippen LogP contribution in [0.25, 0.3) is 0 Å². The van der Waals surface area contributed by atoms with Crippen LogP contribution in [0.1, 0.15) is 49.0 Å². The molecule has 1 atom stereocenters. The summed E-state index contributed by atoms with van der Waals surface area (Å²) in [6.07, 6.45) is 0.720. The standard InChI is InChI=1S/C21H24FNO4S/c1-13(2)28(25,26)15-8-9-18(22)17(12-15)21(24)23-11-10-14(3)16-6-5-7-19(27-4)20(16)23/h5-9,12-14H,10-11H2,1-4H3/t14-/m0/s1. The van der Waals surface area contributed by atoms with Crippen LogP contribution in [-0.4, -0.2) is 33.2 Å². The van der Waals surface area contributed by atoms with Crippen molar-refractivity contribution in [2.45, 2.75) is 43.3 Å². The first-order valence-corrected chi connectivity index (χ1v) is 10.7. The number of para-hydroxylation sites is 1. The van der Waals surface area contributed by atoms with Gasteiger partial charge in [-0.3, -0.25) is 4.79 Å². The van der Waals surface area contributed by atoms with E-state index in [0.29, 0.717) is 18.0 Å². The lowest BCUT2D eigenvalue weighted by molar-refractivity contribution is 0.0979. The third-order valence-corrected chi connectivity index (χ3v) is 7.35. The number of rotatable bonds is 4. The van der Waals surface area contributed by atoms with Gasteiger partial charge in [-0.15, -0.1) is 0 Å². The van der Waals surface area contributed by atoms with Crippen molar-refractivity contribution in [2.24, 2.45) is 0 Å². The van der Waals surface area contributed by atoms with Crippen molar-refractivity contribution in [3.63, 3.8) is 0 Å². The lowest BCUT2D eigenvalue weighted by atomic mass is 9.90. The summed E-state index contributed by atoms with van der Waals surface area (Å²) in [7, 11) is -2.10. The molecule has 1 aliphatic rings. The van der Waals surface area contributed by atoms with Crippen LogP contribution in [0.15, 0.2) is 41.3 Å². The van der Waals surface area contributed by atoms with Gasteiger partial charge in [0, 0.05) is 6.54 Å². The van der Waals surface area contributed by atoms with Crippen molar-refractivity contribution in [3.8, 4) is 5.75 Å².